The minimum absolute atomic E-state index is 0.278. The number of hydrazone groups is 1. The summed E-state index contributed by atoms with van der Waals surface area (Å²) in [4.78, 5) is 23.8. The largest absolute Gasteiger partial charge is 0.497 e. The number of benzene rings is 2. The maximum absolute atomic E-state index is 11.9. The zero-order valence-electron chi connectivity index (χ0n) is 17.2. The summed E-state index contributed by atoms with van der Waals surface area (Å²) in [6.07, 6.45) is 1.53. The molecule has 0 aliphatic carbocycles. The fourth-order valence-corrected chi connectivity index (χ4v) is 3.12. The first-order valence-corrected chi connectivity index (χ1v) is 9.48. The van der Waals surface area contributed by atoms with Crippen molar-refractivity contribution in [2.45, 2.75) is 20.4 Å². The molecule has 0 aliphatic heterocycles. The molecule has 0 saturated heterocycles. The van der Waals surface area contributed by atoms with E-state index in [1.807, 2.05) is 74.5 Å². The predicted molar refractivity (Wildman–Crippen MR) is 116 cm³/mol. The second kappa shape index (κ2) is 9.56. The van der Waals surface area contributed by atoms with E-state index in [-0.39, 0.29) is 6.54 Å². The highest BCUT2D eigenvalue weighted by atomic mass is 16.5. The van der Waals surface area contributed by atoms with E-state index in [1.165, 1.54) is 6.21 Å². The van der Waals surface area contributed by atoms with Gasteiger partial charge in [-0.25, -0.2) is 5.43 Å². The van der Waals surface area contributed by atoms with Crippen molar-refractivity contribution in [1.82, 2.24) is 15.3 Å². The van der Waals surface area contributed by atoms with Gasteiger partial charge in [-0.1, -0.05) is 30.3 Å². The van der Waals surface area contributed by atoms with Crippen LogP contribution in [0, 0.1) is 13.8 Å². The lowest BCUT2D eigenvalue weighted by Gasteiger charge is -2.10. The van der Waals surface area contributed by atoms with E-state index < -0.39 is 11.8 Å². The summed E-state index contributed by atoms with van der Waals surface area (Å²) in [5, 5.41) is 6.50. The molecule has 7 heteroatoms. The molecular formula is C23H24N4O3. The fraction of sp³-hybridized carbons (Fsp3) is 0.174. The number of rotatable bonds is 6. The zero-order valence-corrected chi connectivity index (χ0v) is 17.2. The number of methoxy groups -OCH3 is 1. The molecule has 2 aromatic carbocycles. The number of nitrogens with one attached hydrogen (secondary N) is 2. The smallest absolute Gasteiger partial charge is 0.329 e. The number of hydrogen-bond donors (Lipinski definition) is 2. The summed E-state index contributed by atoms with van der Waals surface area (Å²) in [5.74, 6) is -0.762. The highest BCUT2D eigenvalue weighted by Gasteiger charge is 2.13. The van der Waals surface area contributed by atoms with Crippen molar-refractivity contribution in [2.24, 2.45) is 5.10 Å². The maximum atomic E-state index is 11.9. The fourth-order valence-electron chi connectivity index (χ4n) is 3.12. The van der Waals surface area contributed by atoms with Gasteiger partial charge in [0.1, 0.15) is 5.75 Å². The van der Waals surface area contributed by atoms with Crippen molar-refractivity contribution < 1.29 is 14.3 Å². The van der Waals surface area contributed by atoms with Crippen LogP contribution in [0.3, 0.4) is 0 Å². The number of amides is 2. The lowest BCUT2D eigenvalue weighted by Crippen LogP contribution is -2.37. The van der Waals surface area contributed by atoms with Gasteiger partial charge in [-0.3, -0.25) is 9.59 Å². The Hall–Kier alpha value is -3.87. The Morgan fingerprint density at radius 1 is 1.03 bits per heavy atom. The van der Waals surface area contributed by atoms with Crippen LogP contribution >= 0.6 is 0 Å². The Morgan fingerprint density at radius 2 is 1.73 bits per heavy atom. The third kappa shape index (κ3) is 4.94. The van der Waals surface area contributed by atoms with Gasteiger partial charge in [-0.05, 0) is 49.7 Å². The number of aromatic nitrogens is 1. The Morgan fingerprint density at radius 3 is 2.40 bits per heavy atom. The first kappa shape index (κ1) is 20.9. The molecule has 2 amide bonds. The molecule has 0 fully saturated rings. The van der Waals surface area contributed by atoms with E-state index >= 15 is 0 Å². The molecule has 154 valence electrons. The van der Waals surface area contributed by atoms with Gasteiger partial charge in [0.2, 0.25) is 0 Å². The molecule has 0 bridgehead atoms. The van der Waals surface area contributed by atoms with Gasteiger partial charge in [-0.15, -0.1) is 0 Å². The number of carbonyl (C=O) groups excluding carboxylic acids is 2. The normalized spacial score (nSPS) is 10.8. The highest BCUT2D eigenvalue weighted by Crippen LogP contribution is 2.21. The molecule has 0 saturated carbocycles. The van der Waals surface area contributed by atoms with Crippen molar-refractivity contribution in [3.8, 4) is 11.4 Å². The van der Waals surface area contributed by atoms with E-state index in [1.54, 1.807) is 7.11 Å². The molecule has 0 radical (unpaired) electrons. The van der Waals surface area contributed by atoms with Crippen molar-refractivity contribution >= 4 is 18.0 Å². The molecule has 1 heterocycles. The molecular weight excluding hydrogens is 380 g/mol. The van der Waals surface area contributed by atoms with Crippen LogP contribution < -0.4 is 15.5 Å². The van der Waals surface area contributed by atoms with Crippen molar-refractivity contribution in [3.05, 3.63) is 83.2 Å². The highest BCUT2D eigenvalue weighted by molar-refractivity contribution is 6.35. The van der Waals surface area contributed by atoms with E-state index in [4.69, 9.17) is 4.74 Å². The number of nitrogens with zero attached hydrogens (tertiary/aromatic N) is 2. The third-order valence-corrected chi connectivity index (χ3v) is 4.67. The van der Waals surface area contributed by atoms with Crippen LogP contribution in [0.25, 0.3) is 5.69 Å². The second-order valence-electron chi connectivity index (χ2n) is 6.73. The minimum atomic E-state index is -0.814. The summed E-state index contributed by atoms with van der Waals surface area (Å²) in [5.41, 5.74) is 7.00. The monoisotopic (exact) mass is 404 g/mol. The Labute approximate surface area is 175 Å². The van der Waals surface area contributed by atoms with Gasteiger partial charge in [0.05, 0.1) is 13.3 Å². The SMILES string of the molecule is COc1ccc(-n2c(C)cc(/C=N\NC(=O)C(=O)NCc3ccccc3)c2C)cc1. The van der Waals surface area contributed by atoms with Crippen LogP contribution in [0.4, 0.5) is 0 Å². The summed E-state index contributed by atoms with van der Waals surface area (Å²) in [7, 11) is 1.63. The average molecular weight is 404 g/mol. The first-order chi connectivity index (χ1) is 14.5. The molecule has 3 rings (SSSR count). The molecule has 3 aromatic rings. The number of aryl methyl sites for hydroxylation is 1. The quantitative estimate of drug-likeness (QED) is 0.376. The number of ether oxygens (including phenoxy) is 1. The molecule has 0 spiro atoms. The van der Waals surface area contributed by atoms with Crippen LogP contribution in [0.2, 0.25) is 0 Å². The zero-order chi connectivity index (χ0) is 21.5. The van der Waals surface area contributed by atoms with Gasteiger partial charge in [0, 0.05) is 29.2 Å². The van der Waals surface area contributed by atoms with Crippen molar-refractivity contribution in [2.75, 3.05) is 7.11 Å². The molecule has 0 aliphatic rings. The Balaban J connectivity index is 1.61. The van der Waals surface area contributed by atoms with Crippen LogP contribution in [-0.2, 0) is 16.1 Å². The lowest BCUT2D eigenvalue weighted by atomic mass is 10.2. The van der Waals surface area contributed by atoms with Gasteiger partial charge >= 0.3 is 11.8 Å². The van der Waals surface area contributed by atoms with Crippen LogP contribution in [-0.4, -0.2) is 29.7 Å². The topological polar surface area (TPSA) is 84.7 Å². The molecule has 0 atom stereocenters. The van der Waals surface area contributed by atoms with Gasteiger partial charge < -0.3 is 14.6 Å². The van der Waals surface area contributed by atoms with E-state index in [9.17, 15) is 9.59 Å². The summed E-state index contributed by atoms with van der Waals surface area (Å²) < 4.78 is 7.28. The minimum Gasteiger partial charge on any atom is -0.497 e. The second-order valence-corrected chi connectivity index (χ2v) is 6.73. The average Bonchev–Trinajstić information content (AvgIpc) is 3.05. The van der Waals surface area contributed by atoms with Crippen LogP contribution in [0.1, 0.15) is 22.5 Å². The molecule has 0 unspecified atom stereocenters. The molecule has 30 heavy (non-hydrogen) atoms. The van der Waals surface area contributed by atoms with Crippen molar-refractivity contribution in [1.29, 1.82) is 0 Å². The van der Waals surface area contributed by atoms with Crippen molar-refractivity contribution in [3.63, 3.8) is 0 Å². The Bertz CT molecular complexity index is 1050. The van der Waals surface area contributed by atoms with Crippen LogP contribution in [0.5, 0.6) is 5.75 Å². The predicted octanol–water partition coefficient (Wildman–Crippen LogP) is 2.87. The summed E-state index contributed by atoms with van der Waals surface area (Å²) in [6.45, 7) is 4.23. The Kier molecular flexibility index (Phi) is 6.64. The molecule has 7 nitrogen and oxygen atoms in total. The molecule has 2 N–H and O–H groups in total. The van der Waals surface area contributed by atoms with Gasteiger partial charge in [0.25, 0.3) is 0 Å². The van der Waals surface area contributed by atoms with Crippen LogP contribution in [0.15, 0.2) is 65.8 Å². The van der Waals surface area contributed by atoms with E-state index in [0.29, 0.717) is 0 Å². The van der Waals surface area contributed by atoms with Gasteiger partial charge in [0.15, 0.2) is 0 Å². The number of carbonyl (C=O) groups is 2. The maximum Gasteiger partial charge on any atom is 0.329 e. The van der Waals surface area contributed by atoms with Gasteiger partial charge in [-0.2, -0.15) is 5.10 Å². The third-order valence-electron chi connectivity index (χ3n) is 4.67. The molecule has 1 aromatic heterocycles. The lowest BCUT2D eigenvalue weighted by molar-refractivity contribution is -0.139. The number of hydrogen-bond acceptors (Lipinski definition) is 4. The van der Waals surface area contributed by atoms with E-state index in [0.717, 1.165) is 34.0 Å². The standard InChI is InChI=1S/C23H24N4O3/c1-16-13-19(17(2)27(16)20-9-11-21(30-3)12-10-20)15-25-26-23(29)22(28)24-14-18-7-5-4-6-8-18/h4-13,15H,14H2,1-3H3,(H,24,28)(H,26,29)/b25-15-. The van der Waals surface area contributed by atoms with E-state index in [2.05, 4.69) is 20.4 Å². The summed E-state index contributed by atoms with van der Waals surface area (Å²) in [6, 6.07) is 19.1. The summed E-state index contributed by atoms with van der Waals surface area (Å²) >= 11 is 0. The first-order valence-electron chi connectivity index (χ1n) is 9.48.